The Bertz CT molecular complexity index is 361. The summed E-state index contributed by atoms with van der Waals surface area (Å²) in [6.07, 6.45) is 0. The Morgan fingerprint density at radius 3 is 2.61 bits per heavy atom. The third-order valence-electron chi connectivity index (χ3n) is 3.31. The van der Waals surface area contributed by atoms with Gasteiger partial charge in [0.1, 0.15) is 5.75 Å². The molecule has 0 fully saturated rings. The lowest BCUT2D eigenvalue weighted by molar-refractivity contribution is 0.189. The highest BCUT2D eigenvalue weighted by Crippen LogP contribution is 2.13. The summed E-state index contributed by atoms with van der Waals surface area (Å²) in [7, 11) is 4.22. The van der Waals surface area contributed by atoms with Crippen molar-refractivity contribution in [3.63, 3.8) is 0 Å². The molecule has 0 bridgehead atoms. The van der Waals surface area contributed by atoms with E-state index in [4.69, 9.17) is 4.74 Å². The maximum atomic E-state index is 5.50. The van der Waals surface area contributed by atoms with Crippen LogP contribution in [-0.4, -0.2) is 37.7 Å². The minimum atomic E-state index is 0.164. The second-order valence-electron chi connectivity index (χ2n) is 5.39. The fourth-order valence-electron chi connectivity index (χ4n) is 1.58. The van der Waals surface area contributed by atoms with Crippen molar-refractivity contribution in [3.8, 4) is 5.75 Å². The zero-order valence-electron chi connectivity index (χ0n) is 12.3. The van der Waals surface area contributed by atoms with E-state index in [1.165, 1.54) is 5.56 Å². The molecule has 1 N–H and O–H groups in total. The summed E-state index contributed by atoms with van der Waals surface area (Å²) < 4.78 is 5.50. The number of hydrogen-bond acceptors (Lipinski definition) is 3. The van der Waals surface area contributed by atoms with Crippen molar-refractivity contribution in [1.29, 1.82) is 0 Å². The molecule has 0 unspecified atom stereocenters. The monoisotopic (exact) mass is 250 g/mol. The minimum Gasteiger partial charge on any atom is -0.494 e. The molecule has 0 spiro atoms. The first-order valence-electron chi connectivity index (χ1n) is 6.55. The predicted octanol–water partition coefficient (Wildman–Crippen LogP) is 2.52. The van der Waals surface area contributed by atoms with Crippen molar-refractivity contribution in [2.45, 2.75) is 32.9 Å². The molecule has 0 heterocycles. The summed E-state index contributed by atoms with van der Waals surface area (Å²) in [5.41, 5.74) is 1.42. The molecule has 1 aromatic rings. The van der Waals surface area contributed by atoms with E-state index >= 15 is 0 Å². The lowest BCUT2D eigenvalue weighted by Gasteiger charge is -2.32. The number of hydrogen-bond donors (Lipinski definition) is 1. The van der Waals surface area contributed by atoms with E-state index < -0.39 is 0 Å². The van der Waals surface area contributed by atoms with E-state index in [9.17, 15) is 0 Å². The van der Waals surface area contributed by atoms with Crippen LogP contribution in [0, 0.1) is 0 Å². The Kier molecular flexibility index (Phi) is 5.63. The van der Waals surface area contributed by atoms with E-state index in [0.29, 0.717) is 6.61 Å². The normalized spacial score (nSPS) is 11.9. The van der Waals surface area contributed by atoms with Gasteiger partial charge in [-0.2, -0.15) is 0 Å². The van der Waals surface area contributed by atoms with Crippen LogP contribution in [0.2, 0.25) is 0 Å². The third kappa shape index (κ3) is 4.67. The zero-order chi connectivity index (χ0) is 13.6. The smallest absolute Gasteiger partial charge is 0.119 e. The molecule has 1 rings (SSSR count). The third-order valence-corrected chi connectivity index (χ3v) is 3.31. The number of nitrogens with zero attached hydrogens (tertiary/aromatic N) is 1. The second kappa shape index (κ2) is 6.76. The van der Waals surface area contributed by atoms with E-state index in [-0.39, 0.29) is 5.54 Å². The molecule has 18 heavy (non-hydrogen) atoms. The molecule has 0 atom stereocenters. The molecular formula is C15H26N2O. The van der Waals surface area contributed by atoms with Gasteiger partial charge in [0.05, 0.1) is 6.61 Å². The number of benzene rings is 1. The van der Waals surface area contributed by atoms with Crippen molar-refractivity contribution in [3.05, 3.63) is 29.8 Å². The van der Waals surface area contributed by atoms with Crippen LogP contribution in [0.15, 0.2) is 24.3 Å². The first kappa shape index (κ1) is 15.0. The Hall–Kier alpha value is -1.06. The maximum absolute atomic E-state index is 5.50. The van der Waals surface area contributed by atoms with Crippen LogP contribution in [-0.2, 0) is 6.54 Å². The molecule has 3 nitrogen and oxygen atoms in total. The van der Waals surface area contributed by atoms with Gasteiger partial charge in [0.15, 0.2) is 0 Å². The van der Waals surface area contributed by atoms with Gasteiger partial charge >= 0.3 is 0 Å². The molecule has 1 aromatic carbocycles. The molecule has 0 saturated carbocycles. The largest absolute Gasteiger partial charge is 0.494 e. The molecule has 0 amide bonds. The van der Waals surface area contributed by atoms with Crippen LogP contribution in [0.3, 0.4) is 0 Å². The van der Waals surface area contributed by atoms with Gasteiger partial charge in [0.2, 0.25) is 0 Å². The fourth-order valence-corrected chi connectivity index (χ4v) is 1.58. The van der Waals surface area contributed by atoms with Crippen LogP contribution in [0.5, 0.6) is 5.75 Å². The van der Waals surface area contributed by atoms with Crippen molar-refractivity contribution < 1.29 is 4.74 Å². The maximum Gasteiger partial charge on any atom is 0.119 e. The lowest BCUT2D eigenvalue weighted by atomic mass is 10.0. The number of likely N-dealkylation sites (N-methyl/N-ethyl adjacent to an activating group) is 1. The van der Waals surface area contributed by atoms with E-state index in [1.807, 2.05) is 19.1 Å². The number of ether oxygens (including phenoxy) is 1. The summed E-state index contributed by atoms with van der Waals surface area (Å²) in [6, 6.07) is 8.26. The van der Waals surface area contributed by atoms with Crippen LogP contribution in [0.25, 0.3) is 0 Å². The summed E-state index contributed by atoms with van der Waals surface area (Å²) in [6.45, 7) is 9.01. The Morgan fingerprint density at radius 1 is 1.28 bits per heavy atom. The predicted molar refractivity (Wildman–Crippen MR) is 77.1 cm³/mol. The van der Waals surface area contributed by atoms with Gasteiger partial charge in [-0.15, -0.1) is 0 Å². The molecule has 0 aliphatic rings. The van der Waals surface area contributed by atoms with Gasteiger partial charge in [-0.05, 0) is 52.6 Å². The van der Waals surface area contributed by atoms with Crippen LogP contribution >= 0.6 is 0 Å². The first-order chi connectivity index (χ1) is 8.45. The van der Waals surface area contributed by atoms with Gasteiger partial charge in [0, 0.05) is 18.6 Å². The molecule has 0 radical (unpaired) electrons. The molecule has 3 heteroatoms. The number of nitrogens with one attached hydrogen (secondary N) is 1. The van der Waals surface area contributed by atoms with E-state index in [1.54, 1.807) is 0 Å². The second-order valence-corrected chi connectivity index (χ2v) is 5.39. The SMILES string of the molecule is CCOc1cccc(CNCC(C)(C)N(C)C)c1. The van der Waals surface area contributed by atoms with Gasteiger partial charge < -0.3 is 15.0 Å². The van der Waals surface area contributed by atoms with E-state index in [2.05, 4.69) is 50.3 Å². The Labute approximate surface area is 111 Å². The van der Waals surface area contributed by atoms with Crippen LogP contribution in [0.4, 0.5) is 0 Å². The average Bonchev–Trinajstić information content (AvgIpc) is 2.29. The van der Waals surface area contributed by atoms with Crippen molar-refractivity contribution in [2.24, 2.45) is 0 Å². The van der Waals surface area contributed by atoms with Gasteiger partial charge in [0.25, 0.3) is 0 Å². The highest BCUT2D eigenvalue weighted by atomic mass is 16.5. The van der Waals surface area contributed by atoms with E-state index in [0.717, 1.165) is 18.8 Å². The van der Waals surface area contributed by atoms with Crippen molar-refractivity contribution in [2.75, 3.05) is 27.2 Å². The summed E-state index contributed by atoms with van der Waals surface area (Å²) in [5.74, 6) is 0.948. The topological polar surface area (TPSA) is 24.5 Å². The molecule has 102 valence electrons. The van der Waals surface area contributed by atoms with Crippen LogP contribution in [0.1, 0.15) is 26.3 Å². The molecule has 0 aliphatic heterocycles. The summed E-state index contributed by atoms with van der Waals surface area (Å²) >= 11 is 0. The average molecular weight is 250 g/mol. The first-order valence-corrected chi connectivity index (χ1v) is 6.55. The molecule has 0 saturated heterocycles. The number of rotatable bonds is 7. The fraction of sp³-hybridized carbons (Fsp3) is 0.600. The highest BCUT2D eigenvalue weighted by molar-refractivity contribution is 5.28. The zero-order valence-corrected chi connectivity index (χ0v) is 12.3. The van der Waals surface area contributed by atoms with Gasteiger partial charge in [-0.1, -0.05) is 12.1 Å². The lowest BCUT2D eigenvalue weighted by Crippen LogP contribution is -2.46. The quantitative estimate of drug-likeness (QED) is 0.805. The van der Waals surface area contributed by atoms with Gasteiger partial charge in [-0.25, -0.2) is 0 Å². The molecular weight excluding hydrogens is 224 g/mol. The highest BCUT2D eigenvalue weighted by Gasteiger charge is 2.19. The standard InChI is InChI=1S/C15H26N2O/c1-6-18-14-9-7-8-13(10-14)11-16-12-15(2,3)17(4)5/h7-10,16H,6,11-12H2,1-5H3. The molecule has 0 aliphatic carbocycles. The minimum absolute atomic E-state index is 0.164. The van der Waals surface area contributed by atoms with Crippen molar-refractivity contribution >= 4 is 0 Å². The van der Waals surface area contributed by atoms with Crippen molar-refractivity contribution in [1.82, 2.24) is 10.2 Å². The van der Waals surface area contributed by atoms with Gasteiger partial charge in [-0.3, -0.25) is 0 Å². The Morgan fingerprint density at radius 2 is 2.00 bits per heavy atom. The van der Waals surface area contributed by atoms with Crippen LogP contribution < -0.4 is 10.1 Å². The summed E-state index contributed by atoms with van der Waals surface area (Å²) in [5, 5.41) is 3.50. The Balaban J connectivity index is 2.46. The summed E-state index contributed by atoms with van der Waals surface area (Å²) in [4.78, 5) is 2.23. The molecule has 0 aromatic heterocycles.